The Hall–Kier alpha value is -1.88. The zero-order valence-electron chi connectivity index (χ0n) is 8.18. The normalized spacial score (nSPS) is 10.3. The average Bonchev–Trinajstić information content (AvgIpc) is 2.33. The highest BCUT2D eigenvalue weighted by atomic mass is 35.5. The van der Waals surface area contributed by atoms with Crippen molar-refractivity contribution >= 4 is 28.4 Å². The zero-order valence-corrected chi connectivity index (χ0v) is 8.94. The summed E-state index contributed by atoms with van der Waals surface area (Å²) in [6.07, 6.45) is 1.26. The molecule has 0 unspecified atom stereocenters. The van der Waals surface area contributed by atoms with Crippen LogP contribution < -0.4 is 11.0 Å². The van der Waals surface area contributed by atoms with Gasteiger partial charge in [0.05, 0.1) is 10.9 Å². The minimum absolute atomic E-state index is 0.209. The van der Waals surface area contributed by atoms with Crippen molar-refractivity contribution in [3.05, 3.63) is 40.9 Å². The highest BCUT2D eigenvalue weighted by molar-refractivity contribution is 6.28. The monoisotopic (exact) mass is 237 g/mol. The predicted octanol–water partition coefficient (Wildman–Crippen LogP) is 0.705. The minimum Gasteiger partial charge on any atom is -0.272 e. The Morgan fingerprint density at radius 3 is 2.94 bits per heavy atom. The van der Waals surface area contributed by atoms with E-state index in [1.54, 1.807) is 24.3 Å². The standard InChI is InChI=1S/C10H8ClN3O2/c11-5-9(15)13-14-6-12-8-4-2-1-3-7(8)10(14)16/h1-4,6H,5H2,(H,13,15). The summed E-state index contributed by atoms with van der Waals surface area (Å²) >= 11 is 5.32. The van der Waals surface area contributed by atoms with Crippen LogP contribution >= 0.6 is 11.6 Å². The number of nitrogens with zero attached hydrogens (tertiary/aromatic N) is 2. The van der Waals surface area contributed by atoms with E-state index in [2.05, 4.69) is 10.4 Å². The summed E-state index contributed by atoms with van der Waals surface area (Å²) in [5, 5.41) is 0.444. The molecule has 0 aliphatic heterocycles. The van der Waals surface area contributed by atoms with Gasteiger partial charge in [-0.15, -0.1) is 11.6 Å². The molecule has 5 nitrogen and oxygen atoms in total. The molecule has 2 aromatic rings. The molecular weight excluding hydrogens is 230 g/mol. The van der Waals surface area contributed by atoms with E-state index < -0.39 is 5.91 Å². The van der Waals surface area contributed by atoms with E-state index >= 15 is 0 Å². The van der Waals surface area contributed by atoms with Crippen LogP contribution in [-0.2, 0) is 4.79 Å². The molecule has 1 heterocycles. The fraction of sp³-hybridized carbons (Fsp3) is 0.100. The van der Waals surface area contributed by atoms with Crippen molar-refractivity contribution in [3.63, 3.8) is 0 Å². The maximum atomic E-state index is 11.8. The van der Waals surface area contributed by atoms with Crippen molar-refractivity contribution < 1.29 is 4.79 Å². The lowest BCUT2D eigenvalue weighted by Gasteiger charge is -2.06. The number of amides is 1. The lowest BCUT2D eigenvalue weighted by Crippen LogP contribution is -2.33. The number of carbonyl (C=O) groups excluding carboxylic acids is 1. The van der Waals surface area contributed by atoms with Gasteiger partial charge in [-0.25, -0.2) is 9.66 Å². The molecule has 0 saturated carbocycles. The third-order valence-corrected chi connectivity index (χ3v) is 2.27. The largest absolute Gasteiger partial charge is 0.280 e. The number of nitrogens with one attached hydrogen (secondary N) is 1. The van der Waals surface area contributed by atoms with Gasteiger partial charge in [0.25, 0.3) is 11.5 Å². The van der Waals surface area contributed by atoms with Gasteiger partial charge >= 0.3 is 0 Å². The maximum absolute atomic E-state index is 11.8. The Kier molecular flexibility index (Phi) is 2.87. The van der Waals surface area contributed by atoms with E-state index in [9.17, 15) is 9.59 Å². The Bertz CT molecular complexity index is 594. The lowest BCUT2D eigenvalue weighted by molar-refractivity contribution is -0.114. The predicted molar refractivity (Wildman–Crippen MR) is 61.1 cm³/mol. The number of hydrogen-bond donors (Lipinski definition) is 1. The smallest absolute Gasteiger partial charge is 0.272 e. The first kappa shape index (κ1) is 10.6. The molecule has 0 bridgehead atoms. The van der Waals surface area contributed by atoms with E-state index in [1.165, 1.54) is 6.33 Å². The lowest BCUT2D eigenvalue weighted by atomic mass is 10.2. The topological polar surface area (TPSA) is 64.0 Å². The molecule has 6 heteroatoms. The van der Waals surface area contributed by atoms with Crippen molar-refractivity contribution in [1.29, 1.82) is 0 Å². The van der Waals surface area contributed by atoms with Crippen LogP contribution in [0.5, 0.6) is 0 Å². The van der Waals surface area contributed by atoms with Crippen LogP contribution in [0.3, 0.4) is 0 Å². The number of hydrogen-bond acceptors (Lipinski definition) is 3. The van der Waals surface area contributed by atoms with Crippen molar-refractivity contribution in [2.75, 3.05) is 11.3 Å². The molecule has 0 aliphatic rings. The average molecular weight is 238 g/mol. The Balaban J connectivity index is 2.53. The van der Waals surface area contributed by atoms with E-state index in [4.69, 9.17) is 11.6 Å². The fourth-order valence-electron chi connectivity index (χ4n) is 1.31. The van der Waals surface area contributed by atoms with E-state index in [1.807, 2.05) is 0 Å². The maximum Gasteiger partial charge on any atom is 0.280 e. The van der Waals surface area contributed by atoms with E-state index in [0.29, 0.717) is 10.9 Å². The number of benzene rings is 1. The van der Waals surface area contributed by atoms with Crippen molar-refractivity contribution in [1.82, 2.24) is 9.66 Å². The quantitative estimate of drug-likeness (QED) is 0.783. The first-order valence-corrected chi connectivity index (χ1v) is 5.08. The van der Waals surface area contributed by atoms with Gasteiger partial charge in [0.1, 0.15) is 12.2 Å². The van der Waals surface area contributed by atoms with Gasteiger partial charge in [-0.1, -0.05) is 12.1 Å². The first-order valence-electron chi connectivity index (χ1n) is 4.54. The van der Waals surface area contributed by atoms with Crippen LogP contribution in [0.25, 0.3) is 10.9 Å². The summed E-state index contributed by atoms with van der Waals surface area (Å²) in [6, 6.07) is 6.90. The van der Waals surface area contributed by atoms with Crippen LogP contribution in [-0.4, -0.2) is 21.4 Å². The van der Waals surface area contributed by atoms with Crippen LogP contribution in [0.15, 0.2) is 35.4 Å². The molecule has 0 spiro atoms. The van der Waals surface area contributed by atoms with Crippen LogP contribution in [0.2, 0.25) is 0 Å². The van der Waals surface area contributed by atoms with Gasteiger partial charge in [0.2, 0.25) is 0 Å². The van der Waals surface area contributed by atoms with Gasteiger partial charge in [0.15, 0.2) is 0 Å². The summed E-state index contributed by atoms with van der Waals surface area (Å²) in [5.41, 5.74) is 2.58. The molecular formula is C10H8ClN3O2. The summed E-state index contributed by atoms with van der Waals surface area (Å²) in [6.45, 7) is 0. The summed E-state index contributed by atoms with van der Waals surface area (Å²) in [4.78, 5) is 26.9. The molecule has 16 heavy (non-hydrogen) atoms. The molecule has 82 valence electrons. The highest BCUT2D eigenvalue weighted by Crippen LogP contribution is 2.03. The third kappa shape index (κ3) is 1.90. The van der Waals surface area contributed by atoms with Crippen molar-refractivity contribution in [3.8, 4) is 0 Å². The third-order valence-electron chi connectivity index (χ3n) is 2.03. The number of alkyl halides is 1. The molecule has 0 atom stereocenters. The molecule has 0 radical (unpaired) electrons. The van der Waals surface area contributed by atoms with E-state index in [-0.39, 0.29) is 11.4 Å². The number of aromatic nitrogens is 2. The summed E-state index contributed by atoms with van der Waals surface area (Å²) in [5.74, 6) is -0.667. The van der Waals surface area contributed by atoms with Gasteiger partial charge in [-0.05, 0) is 12.1 Å². The fourth-order valence-corrected chi connectivity index (χ4v) is 1.37. The summed E-state index contributed by atoms with van der Waals surface area (Å²) in [7, 11) is 0. The molecule has 0 saturated heterocycles. The number of fused-ring (bicyclic) bond motifs is 1. The molecule has 0 aliphatic carbocycles. The van der Waals surface area contributed by atoms with Crippen LogP contribution in [0.1, 0.15) is 0 Å². The zero-order chi connectivity index (χ0) is 11.5. The van der Waals surface area contributed by atoms with Crippen molar-refractivity contribution in [2.45, 2.75) is 0 Å². The second kappa shape index (κ2) is 4.32. The van der Waals surface area contributed by atoms with Gasteiger partial charge in [0, 0.05) is 0 Å². The molecule has 1 N–H and O–H groups in total. The second-order valence-electron chi connectivity index (χ2n) is 3.11. The highest BCUT2D eigenvalue weighted by Gasteiger charge is 2.05. The van der Waals surface area contributed by atoms with Crippen LogP contribution in [0, 0.1) is 0 Å². The number of carbonyl (C=O) groups is 1. The molecule has 0 fully saturated rings. The molecule has 1 aromatic heterocycles. The first-order chi connectivity index (χ1) is 7.72. The van der Waals surface area contributed by atoms with Crippen LogP contribution in [0.4, 0.5) is 0 Å². The number of halogens is 1. The van der Waals surface area contributed by atoms with E-state index in [0.717, 1.165) is 4.68 Å². The molecule has 2 rings (SSSR count). The Morgan fingerprint density at radius 1 is 1.44 bits per heavy atom. The SMILES string of the molecule is O=C(CCl)Nn1cnc2ccccc2c1=O. The summed E-state index contributed by atoms with van der Waals surface area (Å²) < 4.78 is 1.02. The second-order valence-corrected chi connectivity index (χ2v) is 3.37. The number of para-hydroxylation sites is 1. The van der Waals surface area contributed by atoms with Gasteiger partial charge in [-0.3, -0.25) is 15.0 Å². The van der Waals surface area contributed by atoms with Gasteiger partial charge in [-0.2, -0.15) is 0 Å². The van der Waals surface area contributed by atoms with Crippen molar-refractivity contribution in [2.24, 2.45) is 0 Å². The van der Waals surface area contributed by atoms with Gasteiger partial charge < -0.3 is 0 Å². The molecule has 1 amide bonds. The Labute approximate surface area is 95.6 Å². The number of rotatable bonds is 2. The Morgan fingerprint density at radius 2 is 2.19 bits per heavy atom. The molecule has 1 aromatic carbocycles. The minimum atomic E-state index is -0.458.